The minimum absolute atomic E-state index is 0.850. The summed E-state index contributed by atoms with van der Waals surface area (Å²) in [5.74, 6) is 1.71. The van der Waals surface area contributed by atoms with E-state index in [-0.39, 0.29) is 0 Å². The zero-order valence-electron chi connectivity index (χ0n) is 56.1. The van der Waals surface area contributed by atoms with Crippen molar-refractivity contribution < 1.29 is 9.47 Å². The van der Waals surface area contributed by atoms with Gasteiger partial charge in [-0.3, -0.25) is 0 Å². The number of aryl methyl sites for hydroxylation is 1. The molecule has 0 atom stereocenters. The second-order valence-corrected chi connectivity index (χ2v) is 24.1. The maximum absolute atomic E-state index is 5.39. The SMILES string of the molecule is COc1ccc(N(C)c2ccc(N(c3ccccc3)c3ccc4ccccc4c3)cc2)cc1.COc1cccc(N(C)c2ccc(N(c3ccccc3)c3ccc4ccccc4c3)cc2)c1.Cc1cccc(N(C)c2ccc(N(c3ccccc3)c3ccc4ccccc4c3)cc2)c1. The quantitative estimate of drug-likeness (QED) is 0.0893. The Kier molecular flexibility index (Phi) is 19.8. The van der Waals surface area contributed by atoms with Crippen LogP contribution in [0.25, 0.3) is 32.3 Å². The van der Waals surface area contributed by atoms with Crippen molar-refractivity contribution in [1.82, 2.24) is 0 Å². The lowest BCUT2D eigenvalue weighted by molar-refractivity contribution is 0.415. The fraction of sp³-hybridized carbons (Fsp3) is 0.0667. The maximum Gasteiger partial charge on any atom is 0.120 e. The van der Waals surface area contributed by atoms with E-state index in [0.717, 1.165) is 91.1 Å². The first kappa shape index (κ1) is 64.2. The normalized spacial score (nSPS) is 10.8. The number of anilines is 15. The highest BCUT2D eigenvalue weighted by Gasteiger charge is 2.18. The predicted octanol–water partition coefficient (Wildman–Crippen LogP) is 24.6. The van der Waals surface area contributed by atoms with Gasteiger partial charge in [0.05, 0.1) is 14.2 Å². The number of fused-ring (bicyclic) bond motifs is 3. The summed E-state index contributed by atoms with van der Waals surface area (Å²) in [6.07, 6.45) is 0. The first-order valence-corrected chi connectivity index (χ1v) is 33.0. The monoisotopic (exact) mass is 1270 g/mol. The highest BCUT2D eigenvalue weighted by molar-refractivity contribution is 5.92. The summed E-state index contributed by atoms with van der Waals surface area (Å²) in [6, 6.07) is 128. The molecule has 0 saturated carbocycles. The number of nitrogens with zero attached hydrogens (tertiary/aromatic N) is 6. The molecule has 8 heteroatoms. The number of benzene rings is 15. The number of ether oxygens (including phenoxy) is 2. The van der Waals surface area contributed by atoms with E-state index in [1.807, 2.05) is 36.4 Å². The van der Waals surface area contributed by atoms with Crippen LogP contribution >= 0.6 is 0 Å². The molecule has 0 aliphatic rings. The summed E-state index contributed by atoms with van der Waals surface area (Å²) in [7, 11) is 9.64. The van der Waals surface area contributed by atoms with Crippen molar-refractivity contribution >= 4 is 118 Å². The van der Waals surface area contributed by atoms with Crippen molar-refractivity contribution in [3.8, 4) is 11.5 Å². The standard InChI is InChI=1S/2C30H26N2O.C30H26N2/c1-31(28-13-8-14-30(22-28)33-2)25-17-19-27(20-18-25)32(26-11-4-3-5-12-26)29-16-15-23-9-6-7-10-24(23)21-29;1-31(26-18-20-30(33-2)21-19-26)25-14-16-28(17-15-25)32(27-10-4-3-5-11-27)29-13-12-23-8-6-7-9-24(23)22-29;1-23-9-8-14-29(21-23)31(2)26-17-19-28(20-18-26)32(27-12-4-3-5-13-27)30-16-15-24-10-6-7-11-25(24)22-30/h2*3-22H,1-2H3;3-22H,1-2H3. The predicted molar refractivity (Wildman–Crippen MR) is 417 cm³/mol. The highest BCUT2D eigenvalue weighted by atomic mass is 16.5. The molecule has 0 radical (unpaired) electrons. The average Bonchev–Trinajstić information content (AvgIpc) is 0.822. The molecule has 0 unspecified atom stereocenters. The average molecular weight is 1280 g/mol. The van der Waals surface area contributed by atoms with E-state index < -0.39 is 0 Å². The van der Waals surface area contributed by atoms with Gasteiger partial charge in [-0.05, 0) is 239 Å². The van der Waals surface area contributed by atoms with Crippen molar-refractivity contribution in [3.63, 3.8) is 0 Å². The zero-order chi connectivity index (χ0) is 67.2. The first-order valence-electron chi connectivity index (χ1n) is 33.0. The molecular formula is C90H78N6O2. The zero-order valence-corrected chi connectivity index (χ0v) is 56.1. The lowest BCUT2D eigenvalue weighted by Crippen LogP contribution is -2.12. The fourth-order valence-electron chi connectivity index (χ4n) is 12.4. The molecule has 0 aromatic heterocycles. The van der Waals surface area contributed by atoms with Crippen molar-refractivity contribution in [1.29, 1.82) is 0 Å². The highest BCUT2D eigenvalue weighted by Crippen LogP contribution is 2.42. The van der Waals surface area contributed by atoms with Gasteiger partial charge in [-0.1, -0.05) is 164 Å². The van der Waals surface area contributed by atoms with Gasteiger partial charge in [-0.15, -0.1) is 0 Å². The smallest absolute Gasteiger partial charge is 0.120 e. The topological polar surface area (TPSA) is 37.9 Å². The van der Waals surface area contributed by atoms with E-state index in [1.54, 1.807) is 14.2 Å². The maximum atomic E-state index is 5.39. The Hall–Kier alpha value is -12.5. The Balaban J connectivity index is 0.000000132. The van der Waals surface area contributed by atoms with Crippen LogP contribution in [-0.2, 0) is 0 Å². The second-order valence-electron chi connectivity index (χ2n) is 24.1. The minimum Gasteiger partial charge on any atom is -0.497 e. The van der Waals surface area contributed by atoms with Crippen LogP contribution in [0.1, 0.15) is 5.56 Å². The molecule has 0 spiro atoms. The van der Waals surface area contributed by atoms with E-state index in [9.17, 15) is 0 Å². The first-order chi connectivity index (χ1) is 48.1. The van der Waals surface area contributed by atoms with Gasteiger partial charge < -0.3 is 38.9 Å². The van der Waals surface area contributed by atoms with Gasteiger partial charge in [0.1, 0.15) is 11.5 Å². The number of hydrogen-bond donors (Lipinski definition) is 0. The van der Waals surface area contributed by atoms with E-state index in [4.69, 9.17) is 9.47 Å². The third-order valence-electron chi connectivity index (χ3n) is 17.8. The summed E-state index contributed by atoms with van der Waals surface area (Å²) in [6.45, 7) is 2.13. The summed E-state index contributed by atoms with van der Waals surface area (Å²) in [5, 5.41) is 7.42. The molecule has 15 rings (SSSR count). The third kappa shape index (κ3) is 14.9. The molecule has 0 saturated heterocycles. The van der Waals surface area contributed by atoms with Crippen LogP contribution in [0.3, 0.4) is 0 Å². The Morgan fingerprint density at radius 1 is 0.184 bits per heavy atom. The lowest BCUT2D eigenvalue weighted by Gasteiger charge is -2.27. The van der Waals surface area contributed by atoms with E-state index in [2.05, 4.69) is 385 Å². The second kappa shape index (κ2) is 30.3. The largest absolute Gasteiger partial charge is 0.497 e. The van der Waals surface area contributed by atoms with Crippen LogP contribution in [0.4, 0.5) is 85.3 Å². The Labute approximate surface area is 576 Å². The van der Waals surface area contributed by atoms with Gasteiger partial charge in [0.2, 0.25) is 0 Å². The number of rotatable bonds is 17. The number of methoxy groups -OCH3 is 2. The van der Waals surface area contributed by atoms with E-state index in [0.29, 0.717) is 0 Å². The molecule has 15 aromatic carbocycles. The Morgan fingerprint density at radius 3 is 0.776 bits per heavy atom. The molecule has 15 aromatic rings. The summed E-state index contributed by atoms with van der Waals surface area (Å²) in [5.41, 5.74) is 18.2. The van der Waals surface area contributed by atoms with Crippen LogP contribution in [0.5, 0.6) is 11.5 Å². The van der Waals surface area contributed by atoms with Gasteiger partial charge in [0.25, 0.3) is 0 Å². The van der Waals surface area contributed by atoms with Gasteiger partial charge in [-0.25, -0.2) is 0 Å². The molecule has 0 heterocycles. The number of para-hydroxylation sites is 3. The lowest BCUT2D eigenvalue weighted by atomic mass is 10.1. The molecule has 0 amide bonds. The van der Waals surface area contributed by atoms with Crippen LogP contribution in [0.2, 0.25) is 0 Å². The molecule has 0 aliphatic carbocycles. The molecule has 0 aliphatic heterocycles. The van der Waals surface area contributed by atoms with Gasteiger partial charge in [0.15, 0.2) is 0 Å². The van der Waals surface area contributed by atoms with Gasteiger partial charge in [-0.2, -0.15) is 0 Å². The minimum atomic E-state index is 0.850. The molecule has 0 N–H and O–H groups in total. The van der Waals surface area contributed by atoms with Crippen LogP contribution in [0.15, 0.2) is 364 Å². The Bertz CT molecular complexity index is 5070. The summed E-state index contributed by atoms with van der Waals surface area (Å²) in [4.78, 5) is 13.5. The molecule has 8 nitrogen and oxygen atoms in total. The van der Waals surface area contributed by atoms with Crippen molar-refractivity contribution in [2.24, 2.45) is 0 Å². The third-order valence-corrected chi connectivity index (χ3v) is 17.8. The van der Waals surface area contributed by atoms with Crippen LogP contribution in [-0.4, -0.2) is 35.4 Å². The Morgan fingerprint density at radius 2 is 0.439 bits per heavy atom. The van der Waals surface area contributed by atoms with E-state index in [1.165, 1.54) is 43.6 Å². The van der Waals surface area contributed by atoms with Gasteiger partial charge in [0, 0.05) is 113 Å². The summed E-state index contributed by atoms with van der Waals surface area (Å²) < 4.78 is 10.7. The van der Waals surface area contributed by atoms with Crippen molar-refractivity contribution in [3.05, 3.63) is 370 Å². The van der Waals surface area contributed by atoms with Crippen molar-refractivity contribution in [2.75, 3.05) is 64.8 Å². The fourth-order valence-corrected chi connectivity index (χ4v) is 12.4. The number of hydrogen-bond acceptors (Lipinski definition) is 8. The van der Waals surface area contributed by atoms with Crippen LogP contribution < -0.4 is 38.9 Å². The molecule has 480 valence electrons. The van der Waals surface area contributed by atoms with Gasteiger partial charge >= 0.3 is 0 Å². The van der Waals surface area contributed by atoms with Crippen molar-refractivity contribution in [2.45, 2.75) is 6.92 Å². The molecule has 98 heavy (non-hydrogen) atoms. The summed E-state index contributed by atoms with van der Waals surface area (Å²) >= 11 is 0. The molecule has 0 fully saturated rings. The van der Waals surface area contributed by atoms with Crippen LogP contribution in [0, 0.1) is 6.92 Å². The molecule has 0 bridgehead atoms. The van der Waals surface area contributed by atoms with E-state index >= 15 is 0 Å². The molecular weight excluding hydrogens is 1200 g/mol.